The standard InChI is InChI=1S/C21H16F6N2O3S/c22-20(23,24)12-6-11(7-13(8-12)21(25,26)27)19(31)32-10-17(30)29-18-15(9-28)14-4-2-1-3-5-16(14)33-18/h6-8H,1-5,10H2,(H,29,30). The number of hydrogen-bond acceptors (Lipinski definition) is 5. The molecule has 2 aromatic rings. The SMILES string of the molecule is N#Cc1c(NC(=O)COC(=O)c2cc(C(F)(F)F)cc(C(F)(F)F)c2)sc2c1CCCCC2. The van der Waals surface area contributed by atoms with E-state index in [1.165, 1.54) is 11.3 Å². The number of amides is 1. The molecule has 12 heteroatoms. The van der Waals surface area contributed by atoms with Crippen molar-refractivity contribution in [2.24, 2.45) is 0 Å². The second-order valence-electron chi connectivity index (χ2n) is 7.30. The van der Waals surface area contributed by atoms with E-state index in [4.69, 9.17) is 0 Å². The van der Waals surface area contributed by atoms with Gasteiger partial charge in [-0.3, -0.25) is 4.79 Å². The number of carbonyl (C=O) groups excluding carboxylic acids is 2. The molecular weight excluding hydrogens is 474 g/mol. The van der Waals surface area contributed by atoms with Crippen LogP contribution >= 0.6 is 11.3 Å². The molecule has 0 radical (unpaired) electrons. The number of fused-ring (bicyclic) bond motifs is 1. The summed E-state index contributed by atoms with van der Waals surface area (Å²) < 4.78 is 82.3. The van der Waals surface area contributed by atoms with Gasteiger partial charge in [-0.05, 0) is 49.4 Å². The number of nitriles is 1. The number of nitrogens with zero attached hydrogens (tertiary/aromatic N) is 1. The lowest BCUT2D eigenvalue weighted by molar-refractivity contribution is -0.143. The summed E-state index contributed by atoms with van der Waals surface area (Å²) in [6.45, 7) is -0.954. The summed E-state index contributed by atoms with van der Waals surface area (Å²) >= 11 is 1.22. The molecule has 0 saturated carbocycles. The van der Waals surface area contributed by atoms with Crippen LogP contribution < -0.4 is 5.32 Å². The van der Waals surface area contributed by atoms with Gasteiger partial charge in [0.05, 0.1) is 22.3 Å². The fraction of sp³-hybridized carbons (Fsp3) is 0.381. The Morgan fingerprint density at radius 1 is 1.00 bits per heavy atom. The highest BCUT2D eigenvalue weighted by Gasteiger charge is 2.37. The van der Waals surface area contributed by atoms with Crippen molar-refractivity contribution in [1.29, 1.82) is 5.26 Å². The third-order valence-electron chi connectivity index (χ3n) is 4.94. The normalized spacial score (nSPS) is 14.1. The minimum atomic E-state index is -5.13. The van der Waals surface area contributed by atoms with E-state index in [9.17, 15) is 41.2 Å². The molecule has 1 aromatic carbocycles. The van der Waals surface area contributed by atoms with Gasteiger partial charge in [-0.15, -0.1) is 11.3 Å². The Balaban J connectivity index is 1.73. The van der Waals surface area contributed by atoms with Gasteiger partial charge in [-0.25, -0.2) is 4.79 Å². The van der Waals surface area contributed by atoms with Crippen LogP contribution in [0.3, 0.4) is 0 Å². The molecular formula is C21H16F6N2O3S. The molecule has 1 aliphatic carbocycles. The van der Waals surface area contributed by atoms with E-state index in [0.717, 1.165) is 36.1 Å². The van der Waals surface area contributed by atoms with Gasteiger partial charge in [-0.1, -0.05) is 6.42 Å². The second-order valence-corrected chi connectivity index (χ2v) is 8.40. The Morgan fingerprint density at radius 3 is 2.18 bits per heavy atom. The van der Waals surface area contributed by atoms with Crippen LogP contribution in [0.2, 0.25) is 0 Å². The lowest BCUT2D eigenvalue weighted by Gasteiger charge is -2.13. The van der Waals surface area contributed by atoms with Gasteiger partial charge in [0.2, 0.25) is 0 Å². The Labute approximate surface area is 188 Å². The lowest BCUT2D eigenvalue weighted by atomic mass is 10.0. The topological polar surface area (TPSA) is 79.2 Å². The van der Waals surface area contributed by atoms with Crippen molar-refractivity contribution in [3.8, 4) is 6.07 Å². The highest BCUT2D eigenvalue weighted by Crippen LogP contribution is 2.38. The number of hydrogen-bond donors (Lipinski definition) is 1. The maximum absolute atomic E-state index is 12.9. The first-order chi connectivity index (χ1) is 15.4. The minimum Gasteiger partial charge on any atom is -0.452 e. The monoisotopic (exact) mass is 490 g/mol. The molecule has 0 bridgehead atoms. The van der Waals surface area contributed by atoms with E-state index in [-0.39, 0.29) is 23.2 Å². The van der Waals surface area contributed by atoms with Gasteiger partial charge in [0.1, 0.15) is 11.1 Å². The summed E-state index contributed by atoms with van der Waals surface area (Å²) in [6, 6.07) is 2.37. The summed E-state index contributed by atoms with van der Waals surface area (Å²) in [6.07, 6.45) is -5.93. The number of halogens is 6. The van der Waals surface area contributed by atoms with Crippen molar-refractivity contribution in [2.45, 2.75) is 44.5 Å². The van der Waals surface area contributed by atoms with Crippen LogP contribution in [-0.4, -0.2) is 18.5 Å². The average molecular weight is 490 g/mol. The predicted molar refractivity (Wildman–Crippen MR) is 106 cm³/mol. The number of anilines is 1. The molecule has 0 spiro atoms. The van der Waals surface area contributed by atoms with Gasteiger partial charge in [0.25, 0.3) is 5.91 Å². The number of thiophene rings is 1. The van der Waals surface area contributed by atoms with Gasteiger partial charge in [0.15, 0.2) is 6.61 Å². The van der Waals surface area contributed by atoms with Crippen molar-refractivity contribution in [3.05, 3.63) is 50.9 Å². The van der Waals surface area contributed by atoms with E-state index in [2.05, 4.69) is 10.1 Å². The van der Waals surface area contributed by atoms with Gasteiger partial charge in [0, 0.05) is 4.88 Å². The average Bonchev–Trinajstić information content (AvgIpc) is 2.89. The van der Waals surface area contributed by atoms with Crippen LogP contribution in [0.1, 0.15) is 56.8 Å². The van der Waals surface area contributed by atoms with Gasteiger partial charge < -0.3 is 10.1 Å². The van der Waals surface area contributed by atoms with E-state index >= 15 is 0 Å². The van der Waals surface area contributed by atoms with Crippen LogP contribution in [0.4, 0.5) is 31.3 Å². The molecule has 1 amide bonds. The maximum Gasteiger partial charge on any atom is 0.416 e. The summed E-state index contributed by atoms with van der Waals surface area (Å²) in [5.41, 5.74) is -3.18. The van der Waals surface area contributed by atoms with Crippen molar-refractivity contribution in [2.75, 3.05) is 11.9 Å². The Bertz CT molecular complexity index is 1080. The molecule has 0 fully saturated rings. The smallest absolute Gasteiger partial charge is 0.416 e. The predicted octanol–water partition coefficient (Wildman–Crippen LogP) is 5.72. The number of ether oxygens (including phenoxy) is 1. The molecule has 0 unspecified atom stereocenters. The zero-order valence-electron chi connectivity index (χ0n) is 16.8. The fourth-order valence-electron chi connectivity index (χ4n) is 3.40. The van der Waals surface area contributed by atoms with E-state index in [0.29, 0.717) is 12.0 Å². The molecule has 1 N–H and O–H groups in total. The first kappa shape index (κ1) is 24.6. The number of carbonyl (C=O) groups is 2. The summed E-state index contributed by atoms with van der Waals surface area (Å²) in [7, 11) is 0. The zero-order valence-corrected chi connectivity index (χ0v) is 17.6. The lowest BCUT2D eigenvalue weighted by Crippen LogP contribution is -2.21. The fourth-order valence-corrected chi connectivity index (χ4v) is 4.65. The first-order valence-corrected chi connectivity index (χ1v) is 10.5. The highest BCUT2D eigenvalue weighted by molar-refractivity contribution is 7.16. The third kappa shape index (κ3) is 5.84. The molecule has 0 saturated heterocycles. The highest BCUT2D eigenvalue weighted by atomic mass is 32.1. The maximum atomic E-state index is 12.9. The van der Waals surface area contributed by atoms with E-state index in [1.807, 2.05) is 6.07 Å². The minimum absolute atomic E-state index is 0.117. The van der Waals surface area contributed by atoms with Crippen LogP contribution in [0.5, 0.6) is 0 Å². The van der Waals surface area contributed by atoms with E-state index < -0.39 is 47.5 Å². The molecule has 0 atom stereocenters. The second kappa shape index (κ2) is 9.43. The molecule has 0 aliphatic heterocycles. The molecule has 33 heavy (non-hydrogen) atoms. The Kier molecular flexibility index (Phi) is 7.02. The van der Waals surface area contributed by atoms with Crippen molar-refractivity contribution in [3.63, 3.8) is 0 Å². The van der Waals surface area contributed by atoms with Crippen LogP contribution in [0.15, 0.2) is 18.2 Å². The van der Waals surface area contributed by atoms with Crippen molar-refractivity contribution < 1.29 is 40.7 Å². The molecule has 1 aromatic heterocycles. The number of esters is 1. The number of aryl methyl sites for hydroxylation is 1. The van der Waals surface area contributed by atoms with Crippen LogP contribution in [0, 0.1) is 11.3 Å². The third-order valence-corrected chi connectivity index (χ3v) is 6.15. The van der Waals surface area contributed by atoms with Crippen molar-refractivity contribution >= 4 is 28.2 Å². The molecule has 176 valence electrons. The molecule has 3 rings (SSSR count). The molecule has 1 aliphatic rings. The largest absolute Gasteiger partial charge is 0.452 e. The Morgan fingerprint density at radius 2 is 1.61 bits per heavy atom. The van der Waals surface area contributed by atoms with E-state index in [1.54, 1.807) is 0 Å². The number of rotatable bonds is 4. The number of benzene rings is 1. The summed E-state index contributed by atoms with van der Waals surface area (Å²) in [5, 5.41) is 12.2. The van der Waals surface area contributed by atoms with Crippen LogP contribution in [-0.2, 0) is 34.7 Å². The quantitative estimate of drug-likeness (QED) is 0.338. The summed E-state index contributed by atoms with van der Waals surface area (Å²) in [5.74, 6) is -2.40. The van der Waals surface area contributed by atoms with Crippen LogP contribution in [0.25, 0.3) is 0 Å². The van der Waals surface area contributed by atoms with Gasteiger partial charge >= 0.3 is 18.3 Å². The molecule has 1 heterocycles. The number of alkyl halides is 6. The van der Waals surface area contributed by atoms with Gasteiger partial charge in [-0.2, -0.15) is 31.6 Å². The first-order valence-electron chi connectivity index (χ1n) is 9.71. The zero-order chi connectivity index (χ0) is 24.4. The molecule has 5 nitrogen and oxygen atoms in total. The Hall–Kier alpha value is -3.07. The van der Waals surface area contributed by atoms with Crippen molar-refractivity contribution in [1.82, 2.24) is 0 Å². The summed E-state index contributed by atoms with van der Waals surface area (Å²) in [4.78, 5) is 25.3. The number of nitrogens with one attached hydrogen (secondary N) is 1.